The van der Waals surface area contributed by atoms with Crippen LogP contribution in [0, 0.1) is 11.8 Å². The predicted molar refractivity (Wildman–Crippen MR) is 72.1 cm³/mol. The third-order valence-corrected chi connectivity index (χ3v) is 4.02. The lowest BCUT2D eigenvalue weighted by Crippen LogP contribution is -2.28. The first-order valence-corrected chi connectivity index (χ1v) is 6.58. The number of hydrogen-bond donors (Lipinski definition) is 2. The summed E-state index contributed by atoms with van der Waals surface area (Å²) in [5.41, 5.74) is -0.0850. The summed E-state index contributed by atoms with van der Waals surface area (Å²) < 4.78 is 1.79. The second kappa shape index (κ2) is 5.05. The maximum absolute atomic E-state index is 11.7. The number of nitrogens with one attached hydrogen (secondary N) is 2. The molecule has 0 spiro atoms. The summed E-state index contributed by atoms with van der Waals surface area (Å²) in [7, 11) is 0. The Morgan fingerprint density at radius 3 is 2.67 bits per heavy atom. The highest BCUT2D eigenvalue weighted by Gasteiger charge is 2.42. The van der Waals surface area contributed by atoms with Crippen LogP contribution in [0.15, 0.2) is 4.79 Å². The molecule has 1 aliphatic carbocycles. The molecule has 2 unspecified atom stereocenters. The Bertz CT molecular complexity index is 463. The Morgan fingerprint density at radius 1 is 1.33 bits per heavy atom. The summed E-state index contributed by atoms with van der Waals surface area (Å²) in [6.45, 7) is 5.11. The number of halogens is 1. The Morgan fingerprint density at radius 2 is 2.06 bits per heavy atom. The quantitative estimate of drug-likeness (QED) is 0.879. The number of aromatic amines is 1. The molecule has 18 heavy (non-hydrogen) atoms. The van der Waals surface area contributed by atoms with Crippen LogP contribution in [0.4, 0.5) is 0 Å². The van der Waals surface area contributed by atoms with Gasteiger partial charge in [-0.25, -0.2) is 9.89 Å². The Labute approximate surface area is 113 Å². The lowest BCUT2D eigenvalue weighted by molar-refractivity contribution is 0.375. The molecule has 0 bridgehead atoms. The van der Waals surface area contributed by atoms with Gasteiger partial charge < -0.3 is 5.32 Å². The van der Waals surface area contributed by atoms with E-state index in [9.17, 15) is 4.79 Å². The van der Waals surface area contributed by atoms with Gasteiger partial charge in [-0.15, -0.1) is 12.4 Å². The van der Waals surface area contributed by atoms with Crippen molar-refractivity contribution in [2.24, 2.45) is 11.8 Å². The first-order valence-electron chi connectivity index (χ1n) is 6.58. The molecule has 1 aromatic rings. The summed E-state index contributed by atoms with van der Waals surface area (Å²) >= 11 is 0. The normalized spacial score (nSPS) is 27.5. The predicted octanol–water partition coefficient (Wildman–Crippen LogP) is 1.63. The molecule has 3 rings (SSSR count). The standard InChI is InChI=1S/C12H20N4O.ClH/c1-7(2)16-11(14-15-12(16)17)10-9(5-6-13-10)8-3-4-8;/h7-10,13H,3-6H2,1-2H3,(H,15,17);1H. The zero-order chi connectivity index (χ0) is 12.0. The van der Waals surface area contributed by atoms with E-state index >= 15 is 0 Å². The van der Waals surface area contributed by atoms with Crippen molar-refractivity contribution in [3.63, 3.8) is 0 Å². The third kappa shape index (κ3) is 2.21. The van der Waals surface area contributed by atoms with Crippen LogP contribution in [-0.4, -0.2) is 21.3 Å². The average Bonchev–Trinajstić information content (AvgIpc) is 2.88. The number of nitrogens with zero attached hydrogens (tertiary/aromatic N) is 2. The van der Waals surface area contributed by atoms with Gasteiger partial charge in [0.1, 0.15) is 0 Å². The second-order valence-electron chi connectivity index (χ2n) is 5.57. The van der Waals surface area contributed by atoms with Gasteiger partial charge in [0.2, 0.25) is 0 Å². The molecule has 2 heterocycles. The summed E-state index contributed by atoms with van der Waals surface area (Å²) in [4.78, 5) is 11.7. The Hall–Kier alpha value is -0.810. The highest BCUT2D eigenvalue weighted by atomic mass is 35.5. The van der Waals surface area contributed by atoms with Crippen molar-refractivity contribution in [3.8, 4) is 0 Å². The van der Waals surface area contributed by atoms with Gasteiger partial charge in [-0.2, -0.15) is 5.10 Å². The first kappa shape index (κ1) is 13.6. The minimum atomic E-state index is -0.0850. The van der Waals surface area contributed by atoms with Gasteiger partial charge in [0.25, 0.3) is 0 Å². The van der Waals surface area contributed by atoms with Gasteiger partial charge in [0.05, 0.1) is 6.04 Å². The summed E-state index contributed by atoms with van der Waals surface area (Å²) in [6.07, 6.45) is 3.91. The lowest BCUT2D eigenvalue weighted by Gasteiger charge is -2.20. The van der Waals surface area contributed by atoms with E-state index in [0.29, 0.717) is 5.92 Å². The minimum Gasteiger partial charge on any atom is -0.307 e. The molecule has 102 valence electrons. The Kier molecular flexibility index (Phi) is 3.82. The molecule has 2 aliphatic rings. The molecule has 0 radical (unpaired) electrons. The molecule has 2 fully saturated rings. The highest BCUT2D eigenvalue weighted by Crippen LogP contribution is 2.46. The summed E-state index contributed by atoms with van der Waals surface area (Å²) in [6, 6.07) is 0.433. The summed E-state index contributed by atoms with van der Waals surface area (Å²) in [5, 5.41) is 10.3. The molecule has 1 aromatic heterocycles. The number of hydrogen-bond acceptors (Lipinski definition) is 3. The van der Waals surface area contributed by atoms with Gasteiger partial charge in [-0.1, -0.05) is 0 Å². The van der Waals surface area contributed by atoms with E-state index in [1.54, 1.807) is 4.57 Å². The van der Waals surface area contributed by atoms with Gasteiger partial charge in [-0.3, -0.25) is 4.57 Å². The van der Waals surface area contributed by atoms with Gasteiger partial charge in [-0.05, 0) is 51.5 Å². The van der Waals surface area contributed by atoms with Gasteiger partial charge in [0.15, 0.2) is 5.82 Å². The zero-order valence-electron chi connectivity index (χ0n) is 10.8. The Balaban J connectivity index is 0.00000120. The molecule has 1 aliphatic heterocycles. The van der Waals surface area contributed by atoms with E-state index in [2.05, 4.69) is 15.5 Å². The maximum Gasteiger partial charge on any atom is 0.343 e. The minimum absolute atomic E-state index is 0. The molecule has 6 heteroatoms. The number of aromatic nitrogens is 3. The monoisotopic (exact) mass is 272 g/mol. The second-order valence-corrected chi connectivity index (χ2v) is 5.57. The molecule has 2 N–H and O–H groups in total. The molecular weight excluding hydrogens is 252 g/mol. The van der Waals surface area contributed by atoms with Crippen molar-refractivity contribution < 1.29 is 0 Å². The molecule has 1 saturated heterocycles. The number of rotatable bonds is 3. The molecular formula is C12H21ClN4O. The van der Waals surface area contributed by atoms with Crippen molar-refractivity contribution in [1.29, 1.82) is 0 Å². The van der Waals surface area contributed by atoms with E-state index in [0.717, 1.165) is 18.3 Å². The molecule has 5 nitrogen and oxygen atoms in total. The van der Waals surface area contributed by atoms with Crippen molar-refractivity contribution in [2.45, 2.75) is 45.2 Å². The largest absolute Gasteiger partial charge is 0.343 e. The van der Waals surface area contributed by atoms with Gasteiger partial charge in [0, 0.05) is 6.04 Å². The topological polar surface area (TPSA) is 62.7 Å². The van der Waals surface area contributed by atoms with Crippen LogP contribution in [0.25, 0.3) is 0 Å². The zero-order valence-corrected chi connectivity index (χ0v) is 11.7. The summed E-state index contributed by atoms with van der Waals surface area (Å²) in [5.74, 6) is 2.42. The molecule has 1 saturated carbocycles. The van der Waals surface area contributed by atoms with Crippen molar-refractivity contribution >= 4 is 12.4 Å². The fourth-order valence-corrected chi connectivity index (χ4v) is 3.07. The smallest absolute Gasteiger partial charge is 0.307 e. The fourth-order valence-electron chi connectivity index (χ4n) is 3.07. The van der Waals surface area contributed by atoms with Crippen molar-refractivity contribution in [1.82, 2.24) is 20.1 Å². The number of H-pyrrole nitrogens is 1. The maximum atomic E-state index is 11.7. The van der Waals surface area contributed by atoms with Crippen LogP contribution in [0.1, 0.15) is 51.0 Å². The van der Waals surface area contributed by atoms with E-state index in [1.165, 1.54) is 19.3 Å². The van der Waals surface area contributed by atoms with Crippen LogP contribution in [0.5, 0.6) is 0 Å². The van der Waals surface area contributed by atoms with E-state index in [-0.39, 0.29) is 30.2 Å². The highest BCUT2D eigenvalue weighted by molar-refractivity contribution is 5.85. The van der Waals surface area contributed by atoms with Crippen molar-refractivity contribution in [2.75, 3.05) is 6.54 Å². The molecule has 0 amide bonds. The average molecular weight is 273 g/mol. The van der Waals surface area contributed by atoms with Crippen LogP contribution >= 0.6 is 12.4 Å². The third-order valence-electron chi connectivity index (χ3n) is 4.02. The van der Waals surface area contributed by atoms with E-state index in [1.807, 2.05) is 13.8 Å². The van der Waals surface area contributed by atoms with Crippen LogP contribution in [-0.2, 0) is 0 Å². The van der Waals surface area contributed by atoms with E-state index in [4.69, 9.17) is 0 Å². The van der Waals surface area contributed by atoms with Crippen LogP contribution in [0.2, 0.25) is 0 Å². The van der Waals surface area contributed by atoms with E-state index < -0.39 is 0 Å². The SMILES string of the molecule is CC(C)n1c(C2NCCC2C2CC2)n[nH]c1=O.Cl. The van der Waals surface area contributed by atoms with Crippen LogP contribution < -0.4 is 11.0 Å². The van der Waals surface area contributed by atoms with Crippen molar-refractivity contribution in [3.05, 3.63) is 16.3 Å². The lowest BCUT2D eigenvalue weighted by atomic mass is 9.94. The first-order chi connectivity index (χ1) is 8.18. The van der Waals surface area contributed by atoms with Crippen LogP contribution in [0.3, 0.4) is 0 Å². The molecule has 0 aromatic carbocycles. The fraction of sp³-hybridized carbons (Fsp3) is 0.833. The molecule has 2 atom stereocenters. The van der Waals surface area contributed by atoms with Gasteiger partial charge >= 0.3 is 5.69 Å².